The molecule has 0 fully saturated rings. The molecule has 0 aliphatic heterocycles. The Morgan fingerprint density at radius 1 is 0.240 bits per heavy atom. The van der Waals surface area contributed by atoms with Crippen molar-refractivity contribution in [2.45, 2.75) is 0 Å². The van der Waals surface area contributed by atoms with Crippen molar-refractivity contribution in [3.8, 4) is 33.4 Å². The summed E-state index contributed by atoms with van der Waals surface area (Å²) in [5.74, 6) is 0. The Bertz CT molecular complexity index is 2580. The van der Waals surface area contributed by atoms with Gasteiger partial charge in [0.15, 0.2) is 0 Å². The lowest BCUT2D eigenvalue weighted by atomic mass is 10.0. The van der Waals surface area contributed by atoms with Gasteiger partial charge in [-0.1, -0.05) is 145 Å². The van der Waals surface area contributed by atoms with Crippen LogP contribution in [0.25, 0.3) is 33.4 Å². The van der Waals surface area contributed by atoms with Gasteiger partial charge in [0.05, 0.1) is 13.7 Å². The molecular formula is C48H36N2. The van der Waals surface area contributed by atoms with Gasteiger partial charge in [-0.15, -0.1) is 0 Å². The van der Waals surface area contributed by atoms with E-state index in [4.69, 9.17) is 13.7 Å². The summed E-state index contributed by atoms with van der Waals surface area (Å²) in [6, 6.07) is 45.9. The molecule has 0 atom stereocenters. The molecule has 238 valence electrons. The molecule has 0 radical (unpaired) electrons. The second kappa shape index (κ2) is 14.2. The Kier molecular flexibility index (Phi) is 6.08. The van der Waals surface area contributed by atoms with E-state index < -0.39 is 36.3 Å². The smallest absolute Gasteiger partial charge is 0.0645 e. The molecule has 0 aromatic heterocycles. The van der Waals surface area contributed by atoms with Gasteiger partial charge in [-0.05, 0) is 106 Å². The first kappa shape index (κ1) is 21.4. The van der Waals surface area contributed by atoms with Crippen molar-refractivity contribution in [1.82, 2.24) is 0 Å². The Hall–Kier alpha value is -6.64. The maximum absolute atomic E-state index is 8.84. The molecule has 8 aromatic carbocycles. The topological polar surface area (TPSA) is 6.48 Å². The van der Waals surface area contributed by atoms with Crippen molar-refractivity contribution in [3.05, 3.63) is 218 Å². The van der Waals surface area contributed by atoms with Crippen LogP contribution in [0.3, 0.4) is 0 Å². The molecule has 0 amide bonds. The molecule has 0 bridgehead atoms. The maximum Gasteiger partial charge on any atom is 0.0645 e. The molecule has 0 aliphatic rings. The molecule has 0 N–H and O–H groups in total. The second-order valence-corrected chi connectivity index (χ2v) is 11.5. The van der Waals surface area contributed by atoms with Gasteiger partial charge in [0.1, 0.15) is 0 Å². The van der Waals surface area contributed by atoms with Crippen LogP contribution in [-0.4, -0.2) is 0 Å². The predicted octanol–water partition coefficient (Wildman–Crippen LogP) is 13.6. The molecule has 0 aliphatic carbocycles. The van der Waals surface area contributed by atoms with Crippen molar-refractivity contribution < 1.29 is 13.7 Å². The van der Waals surface area contributed by atoms with E-state index in [1.807, 2.05) is 158 Å². The minimum atomic E-state index is -0.471. The fourth-order valence-electron chi connectivity index (χ4n) is 6.00. The summed E-state index contributed by atoms with van der Waals surface area (Å²) >= 11 is 0. The number of rotatable bonds is 9. The van der Waals surface area contributed by atoms with Crippen LogP contribution in [0.15, 0.2) is 218 Å². The lowest BCUT2D eigenvalue weighted by Gasteiger charge is -2.26. The normalized spacial score (nSPS) is 13.6. The lowest BCUT2D eigenvalue weighted by molar-refractivity contribution is 1.28. The number of benzene rings is 8. The van der Waals surface area contributed by atoms with Gasteiger partial charge < -0.3 is 9.80 Å². The molecule has 0 saturated heterocycles. The zero-order valence-corrected chi connectivity index (χ0v) is 26.9. The SMILES string of the molecule is [2H]c1c([2H])c([2H])c(N(c2ccc(-c3ccccc3)cc2)c2ccc(-c3ccc(N(c4ccc(-c5ccccc5)cc4)c4c([2H])c([2H])c([2H])c([2H])c4[2H])cc3)cc2)c([2H])c1[2H]. The van der Waals surface area contributed by atoms with E-state index in [0.29, 0.717) is 22.7 Å². The molecule has 0 spiro atoms. The largest absolute Gasteiger partial charge is 0.311 e. The van der Waals surface area contributed by atoms with Crippen LogP contribution in [0.2, 0.25) is 0 Å². The third kappa shape index (κ3) is 6.56. The van der Waals surface area contributed by atoms with Crippen molar-refractivity contribution in [2.75, 3.05) is 9.80 Å². The highest BCUT2D eigenvalue weighted by atomic mass is 15.1. The molecule has 2 nitrogen and oxygen atoms in total. The first-order valence-electron chi connectivity index (χ1n) is 21.2. The zero-order valence-electron chi connectivity index (χ0n) is 36.9. The fourth-order valence-corrected chi connectivity index (χ4v) is 6.00. The molecular weight excluding hydrogens is 605 g/mol. The molecule has 0 heterocycles. The Labute approximate surface area is 308 Å². The predicted molar refractivity (Wildman–Crippen MR) is 212 cm³/mol. The summed E-state index contributed by atoms with van der Waals surface area (Å²) in [6.07, 6.45) is 0. The number of hydrogen-bond donors (Lipinski definition) is 0. The van der Waals surface area contributed by atoms with Crippen molar-refractivity contribution in [1.29, 1.82) is 0 Å². The third-order valence-corrected chi connectivity index (χ3v) is 8.47. The summed E-state index contributed by atoms with van der Waals surface area (Å²) in [7, 11) is 0. The summed E-state index contributed by atoms with van der Waals surface area (Å²) in [4.78, 5) is 3.34. The van der Waals surface area contributed by atoms with Crippen LogP contribution in [0.5, 0.6) is 0 Å². The summed E-state index contributed by atoms with van der Waals surface area (Å²) in [6.45, 7) is 0. The molecule has 8 rings (SSSR count). The van der Waals surface area contributed by atoms with Crippen LogP contribution in [-0.2, 0) is 0 Å². The highest BCUT2D eigenvalue weighted by molar-refractivity contribution is 5.82. The van der Waals surface area contributed by atoms with E-state index in [2.05, 4.69) is 0 Å². The minimum Gasteiger partial charge on any atom is -0.311 e. The first-order chi connectivity index (χ1) is 28.9. The van der Waals surface area contributed by atoms with Gasteiger partial charge in [0, 0.05) is 34.1 Å². The van der Waals surface area contributed by atoms with Gasteiger partial charge in [0.2, 0.25) is 0 Å². The van der Waals surface area contributed by atoms with Crippen LogP contribution < -0.4 is 9.80 Å². The van der Waals surface area contributed by atoms with Gasteiger partial charge in [-0.3, -0.25) is 0 Å². The van der Waals surface area contributed by atoms with E-state index in [-0.39, 0.29) is 35.5 Å². The highest BCUT2D eigenvalue weighted by Crippen LogP contribution is 2.39. The highest BCUT2D eigenvalue weighted by Gasteiger charge is 2.15. The van der Waals surface area contributed by atoms with Gasteiger partial charge >= 0.3 is 0 Å². The number of hydrogen-bond acceptors (Lipinski definition) is 2. The fraction of sp³-hybridized carbons (Fsp3) is 0. The zero-order chi connectivity index (χ0) is 42.2. The minimum absolute atomic E-state index is 0.0232. The third-order valence-electron chi connectivity index (χ3n) is 8.47. The van der Waals surface area contributed by atoms with Gasteiger partial charge in [-0.25, -0.2) is 0 Å². The number of para-hydroxylation sites is 2. The summed E-state index contributed by atoms with van der Waals surface area (Å²) < 4.78 is 85.4. The van der Waals surface area contributed by atoms with Crippen LogP contribution in [0.4, 0.5) is 34.1 Å². The Balaban J connectivity index is 1.18. The average molecular weight is 651 g/mol. The maximum atomic E-state index is 8.84. The van der Waals surface area contributed by atoms with Gasteiger partial charge in [-0.2, -0.15) is 0 Å². The number of anilines is 6. The lowest BCUT2D eigenvalue weighted by Crippen LogP contribution is -2.10. The van der Waals surface area contributed by atoms with E-state index >= 15 is 0 Å². The monoisotopic (exact) mass is 650 g/mol. The van der Waals surface area contributed by atoms with E-state index in [1.165, 1.54) is 0 Å². The van der Waals surface area contributed by atoms with Crippen molar-refractivity contribution >= 4 is 34.1 Å². The molecule has 2 heteroatoms. The van der Waals surface area contributed by atoms with Crippen LogP contribution in [0.1, 0.15) is 13.7 Å². The molecule has 50 heavy (non-hydrogen) atoms. The Morgan fingerprint density at radius 3 is 0.740 bits per heavy atom. The van der Waals surface area contributed by atoms with Gasteiger partial charge in [0.25, 0.3) is 0 Å². The van der Waals surface area contributed by atoms with Crippen molar-refractivity contribution in [2.24, 2.45) is 0 Å². The molecule has 0 unspecified atom stereocenters. The van der Waals surface area contributed by atoms with Crippen LogP contribution in [0, 0.1) is 0 Å². The standard InChI is InChI=1S/C48H36N2/c1-5-13-37(14-6-1)39-21-29-45(30-22-39)49(43-17-9-3-10-18-43)47-33-25-41(26-34-47)42-27-35-48(36-28-42)50(44-19-11-4-12-20-44)46-31-23-40(24-32-46)38-15-7-2-8-16-38/h1-36H/i3D,4D,9D,10D,11D,12D,17D,18D,19D,20D. The average Bonchev–Trinajstić information content (AvgIpc) is 3.30. The summed E-state index contributed by atoms with van der Waals surface area (Å²) in [5.41, 5.74) is 8.04. The van der Waals surface area contributed by atoms with Crippen molar-refractivity contribution in [3.63, 3.8) is 0 Å². The Morgan fingerprint density at radius 2 is 0.480 bits per heavy atom. The second-order valence-electron chi connectivity index (χ2n) is 11.5. The van der Waals surface area contributed by atoms with E-state index in [1.54, 1.807) is 9.80 Å². The first-order valence-corrected chi connectivity index (χ1v) is 16.2. The van der Waals surface area contributed by atoms with Crippen LogP contribution >= 0.6 is 0 Å². The molecule has 0 saturated carbocycles. The summed E-state index contributed by atoms with van der Waals surface area (Å²) in [5, 5.41) is 0. The quantitative estimate of drug-likeness (QED) is 0.153. The van der Waals surface area contributed by atoms with E-state index in [0.717, 1.165) is 33.4 Å². The number of nitrogens with zero attached hydrogens (tertiary/aromatic N) is 2. The van der Waals surface area contributed by atoms with E-state index in [9.17, 15) is 0 Å². The molecule has 8 aromatic rings.